The summed E-state index contributed by atoms with van der Waals surface area (Å²) < 4.78 is 13.9. The van der Waals surface area contributed by atoms with E-state index in [1.807, 2.05) is 72.8 Å². The predicted octanol–water partition coefficient (Wildman–Crippen LogP) is 7.86. The van der Waals surface area contributed by atoms with Crippen molar-refractivity contribution < 1.29 is 8.83 Å². The zero-order valence-corrected chi connectivity index (χ0v) is 18.7. The van der Waals surface area contributed by atoms with Crippen LogP contribution >= 0.6 is 31.9 Å². The van der Waals surface area contributed by atoms with E-state index in [0.29, 0.717) is 17.5 Å². The van der Waals surface area contributed by atoms with Gasteiger partial charge in [0.25, 0.3) is 0 Å². The van der Waals surface area contributed by atoms with Gasteiger partial charge in [0.15, 0.2) is 11.5 Å². The van der Waals surface area contributed by atoms with Gasteiger partial charge in [-0.2, -0.15) is 0 Å². The van der Waals surface area contributed by atoms with Crippen LogP contribution in [0.4, 0.5) is 0 Å². The maximum atomic E-state index is 5.95. The molecular formula is C24H14Br2N2O2. The van der Waals surface area contributed by atoms with Crippen molar-refractivity contribution in [1.82, 2.24) is 9.97 Å². The number of aromatic nitrogens is 2. The van der Waals surface area contributed by atoms with Gasteiger partial charge in [0.05, 0.1) is 12.4 Å². The number of hydrogen-bond acceptors (Lipinski definition) is 4. The molecule has 4 nitrogen and oxygen atoms in total. The Morgan fingerprint density at radius 1 is 0.467 bits per heavy atom. The van der Waals surface area contributed by atoms with E-state index in [-0.39, 0.29) is 0 Å². The molecule has 0 aliphatic carbocycles. The molecule has 5 rings (SSSR count). The third-order valence-corrected chi connectivity index (χ3v) is 5.70. The van der Waals surface area contributed by atoms with Gasteiger partial charge < -0.3 is 8.83 Å². The van der Waals surface area contributed by atoms with E-state index < -0.39 is 0 Å². The molecule has 30 heavy (non-hydrogen) atoms. The lowest BCUT2D eigenvalue weighted by Gasteiger charge is -2.00. The van der Waals surface area contributed by atoms with Crippen LogP contribution in [0.3, 0.4) is 0 Å². The quantitative estimate of drug-likeness (QED) is 0.241. The number of hydrogen-bond donors (Lipinski definition) is 0. The smallest absolute Gasteiger partial charge is 0.226 e. The molecule has 2 aromatic heterocycles. The Morgan fingerprint density at radius 3 is 1.23 bits per heavy atom. The molecule has 0 saturated carbocycles. The summed E-state index contributed by atoms with van der Waals surface area (Å²) in [5.41, 5.74) is 3.75. The Morgan fingerprint density at radius 2 is 0.800 bits per heavy atom. The predicted molar refractivity (Wildman–Crippen MR) is 124 cm³/mol. The van der Waals surface area contributed by atoms with Crippen LogP contribution in [-0.4, -0.2) is 9.97 Å². The Kier molecular flexibility index (Phi) is 5.11. The van der Waals surface area contributed by atoms with Crippen molar-refractivity contribution in [3.05, 3.63) is 94.1 Å². The summed E-state index contributed by atoms with van der Waals surface area (Å²) in [6.45, 7) is 0. The standard InChI is InChI=1S/C24H14Br2N2O2/c25-19-9-5-16(6-10-19)22-14-27-23(30-22)17-3-1-15(2-4-17)21-13-28-24(29-21)18-7-11-20(26)12-8-18/h1-14H. The maximum Gasteiger partial charge on any atom is 0.226 e. The molecule has 0 fully saturated rings. The van der Waals surface area contributed by atoms with Crippen LogP contribution in [0.1, 0.15) is 0 Å². The fourth-order valence-electron chi connectivity index (χ4n) is 3.07. The number of oxazole rings is 2. The minimum Gasteiger partial charge on any atom is -0.436 e. The Labute approximate surface area is 189 Å². The van der Waals surface area contributed by atoms with Crippen molar-refractivity contribution in [2.75, 3.05) is 0 Å². The van der Waals surface area contributed by atoms with E-state index in [9.17, 15) is 0 Å². The zero-order chi connectivity index (χ0) is 20.5. The van der Waals surface area contributed by atoms with Gasteiger partial charge in [-0.15, -0.1) is 0 Å². The Balaban J connectivity index is 1.37. The molecule has 146 valence electrons. The fourth-order valence-corrected chi connectivity index (χ4v) is 3.59. The molecule has 0 saturated heterocycles. The van der Waals surface area contributed by atoms with Crippen LogP contribution in [0, 0.1) is 0 Å². The minimum absolute atomic E-state index is 0.576. The van der Waals surface area contributed by atoms with E-state index in [2.05, 4.69) is 41.8 Å². The first-order chi connectivity index (χ1) is 14.7. The van der Waals surface area contributed by atoms with Gasteiger partial charge in [-0.1, -0.05) is 56.1 Å². The number of benzene rings is 3. The second-order valence-corrected chi connectivity index (χ2v) is 8.48. The van der Waals surface area contributed by atoms with Crippen LogP contribution in [0.5, 0.6) is 0 Å². The average Bonchev–Trinajstić information content (AvgIpc) is 3.45. The normalized spacial score (nSPS) is 11.0. The largest absolute Gasteiger partial charge is 0.436 e. The molecule has 3 aromatic carbocycles. The van der Waals surface area contributed by atoms with Gasteiger partial charge in [-0.05, 0) is 48.5 Å². The maximum absolute atomic E-state index is 5.95. The lowest BCUT2D eigenvalue weighted by atomic mass is 10.1. The third-order valence-electron chi connectivity index (χ3n) is 4.65. The van der Waals surface area contributed by atoms with Gasteiger partial charge in [0, 0.05) is 31.2 Å². The van der Waals surface area contributed by atoms with Crippen molar-refractivity contribution in [3.63, 3.8) is 0 Å². The summed E-state index contributed by atoms with van der Waals surface area (Å²) >= 11 is 6.88. The lowest BCUT2D eigenvalue weighted by Crippen LogP contribution is -1.78. The molecule has 0 unspecified atom stereocenters. The molecule has 0 aliphatic heterocycles. The fraction of sp³-hybridized carbons (Fsp3) is 0. The first-order valence-electron chi connectivity index (χ1n) is 9.20. The van der Waals surface area contributed by atoms with Crippen LogP contribution in [0.2, 0.25) is 0 Å². The first-order valence-corrected chi connectivity index (χ1v) is 10.8. The van der Waals surface area contributed by atoms with Crippen molar-refractivity contribution in [2.24, 2.45) is 0 Å². The molecule has 0 spiro atoms. The van der Waals surface area contributed by atoms with Gasteiger partial charge in [-0.25, -0.2) is 9.97 Å². The summed E-state index contributed by atoms with van der Waals surface area (Å²) in [7, 11) is 0. The topological polar surface area (TPSA) is 52.1 Å². The summed E-state index contributed by atoms with van der Waals surface area (Å²) in [5.74, 6) is 2.61. The molecular weight excluding hydrogens is 508 g/mol. The second kappa shape index (κ2) is 8.05. The minimum atomic E-state index is 0.576. The van der Waals surface area contributed by atoms with E-state index in [1.54, 1.807) is 12.4 Å². The molecule has 6 heteroatoms. The van der Waals surface area contributed by atoms with E-state index in [0.717, 1.165) is 37.0 Å². The van der Waals surface area contributed by atoms with Crippen LogP contribution in [-0.2, 0) is 0 Å². The van der Waals surface area contributed by atoms with E-state index in [1.165, 1.54) is 0 Å². The van der Waals surface area contributed by atoms with Crippen LogP contribution in [0.15, 0.2) is 103 Å². The number of halogens is 2. The SMILES string of the molecule is Brc1ccc(-c2cnc(-c3ccc(-c4cnc(-c5ccc(Br)cc5)o4)cc3)o2)cc1. The Hall–Kier alpha value is -2.96. The monoisotopic (exact) mass is 520 g/mol. The summed E-state index contributed by atoms with van der Waals surface area (Å²) in [6.07, 6.45) is 3.48. The van der Waals surface area contributed by atoms with E-state index in [4.69, 9.17) is 8.83 Å². The molecule has 0 aliphatic rings. The zero-order valence-electron chi connectivity index (χ0n) is 15.5. The summed E-state index contributed by atoms with van der Waals surface area (Å²) in [4.78, 5) is 8.82. The highest BCUT2D eigenvalue weighted by Gasteiger charge is 2.11. The van der Waals surface area contributed by atoms with Gasteiger partial charge in [0.1, 0.15) is 0 Å². The Bertz CT molecular complexity index is 1190. The van der Waals surface area contributed by atoms with Crippen LogP contribution < -0.4 is 0 Å². The third kappa shape index (κ3) is 3.88. The lowest BCUT2D eigenvalue weighted by molar-refractivity contribution is 0.587. The highest BCUT2D eigenvalue weighted by atomic mass is 79.9. The van der Waals surface area contributed by atoms with E-state index >= 15 is 0 Å². The molecule has 2 heterocycles. The van der Waals surface area contributed by atoms with Crippen molar-refractivity contribution in [1.29, 1.82) is 0 Å². The number of rotatable bonds is 4. The van der Waals surface area contributed by atoms with Gasteiger partial charge in [-0.3, -0.25) is 0 Å². The molecule has 0 amide bonds. The highest BCUT2D eigenvalue weighted by Crippen LogP contribution is 2.30. The van der Waals surface area contributed by atoms with Gasteiger partial charge >= 0.3 is 0 Å². The summed E-state index contributed by atoms with van der Waals surface area (Å²) in [6, 6.07) is 23.7. The number of nitrogens with zero attached hydrogens (tertiary/aromatic N) is 2. The average molecular weight is 522 g/mol. The van der Waals surface area contributed by atoms with Crippen molar-refractivity contribution in [2.45, 2.75) is 0 Å². The summed E-state index contributed by atoms with van der Waals surface area (Å²) in [5, 5.41) is 0. The molecule has 0 N–H and O–H groups in total. The van der Waals surface area contributed by atoms with Crippen LogP contribution in [0.25, 0.3) is 45.6 Å². The van der Waals surface area contributed by atoms with Crippen molar-refractivity contribution in [3.8, 4) is 45.6 Å². The first kappa shape index (κ1) is 19.0. The second-order valence-electron chi connectivity index (χ2n) is 6.65. The molecule has 0 bridgehead atoms. The molecule has 0 atom stereocenters. The highest BCUT2D eigenvalue weighted by molar-refractivity contribution is 9.10. The van der Waals surface area contributed by atoms with Gasteiger partial charge in [0.2, 0.25) is 11.8 Å². The molecule has 0 radical (unpaired) electrons. The van der Waals surface area contributed by atoms with Crippen molar-refractivity contribution >= 4 is 31.9 Å². The molecule has 5 aromatic rings.